The summed E-state index contributed by atoms with van der Waals surface area (Å²) in [4.78, 5) is 0. The average molecular weight is 184 g/mol. The molecule has 2 N–H and O–H groups in total. The van der Waals surface area contributed by atoms with E-state index in [0.717, 1.165) is 11.0 Å². The van der Waals surface area contributed by atoms with Crippen LogP contribution in [-0.2, 0) is 0 Å². The lowest BCUT2D eigenvalue weighted by atomic mass is 10.0. The van der Waals surface area contributed by atoms with E-state index in [9.17, 15) is 0 Å². The highest BCUT2D eigenvalue weighted by Gasteiger charge is 2.31. The Hall–Kier alpha value is -0.310. The van der Waals surface area contributed by atoms with Crippen molar-refractivity contribution in [1.29, 1.82) is 0 Å². The predicted octanol–water partition coefficient (Wildman–Crippen LogP) is 1.41. The van der Waals surface area contributed by atoms with Gasteiger partial charge in [0.1, 0.15) is 0 Å². The Morgan fingerprint density at radius 3 is 2.08 bits per heavy atom. The van der Waals surface area contributed by atoms with Crippen LogP contribution in [0.1, 0.15) is 32.6 Å². The molecule has 3 heteroatoms. The predicted molar refractivity (Wildman–Crippen MR) is 54.1 cm³/mol. The summed E-state index contributed by atoms with van der Waals surface area (Å²) >= 11 is 5.08. The molecule has 2 unspecified atom stereocenters. The second kappa shape index (κ2) is 3.21. The molecule has 1 aliphatic heterocycles. The van der Waals surface area contributed by atoms with E-state index in [1.165, 1.54) is 25.7 Å². The minimum atomic E-state index is 0.613. The third kappa shape index (κ3) is 1.56. The molecule has 0 radical (unpaired) electrons. The van der Waals surface area contributed by atoms with E-state index in [4.69, 9.17) is 12.2 Å². The number of hydrogen-bond acceptors (Lipinski definition) is 1. The smallest absolute Gasteiger partial charge is 0.166 e. The third-order valence-electron chi connectivity index (χ3n) is 3.06. The highest BCUT2D eigenvalue weighted by molar-refractivity contribution is 7.80. The summed E-state index contributed by atoms with van der Waals surface area (Å²) in [6.07, 6.45) is 5.24. The van der Waals surface area contributed by atoms with Gasteiger partial charge >= 0.3 is 0 Å². The van der Waals surface area contributed by atoms with Gasteiger partial charge in [0.15, 0.2) is 5.11 Å². The van der Waals surface area contributed by atoms with Crippen LogP contribution in [0.5, 0.6) is 0 Å². The minimum Gasteiger partial charge on any atom is -0.358 e. The first-order chi connectivity index (χ1) is 5.75. The normalized spacial score (nSPS) is 41.1. The van der Waals surface area contributed by atoms with Gasteiger partial charge in [-0.05, 0) is 43.8 Å². The number of nitrogens with one attached hydrogen (secondary N) is 2. The second-order valence-electron chi connectivity index (χ2n) is 4.09. The summed E-state index contributed by atoms with van der Waals surface area (Å²) in [6, 6.07) is 1.23. The molecule has 2 fully saturated rings. The Bertz CT molecular complexity index is 175. The van der Waals surface area contributed by atoms with Gasteiger partial charge in [0.25, 0.3) is 0 Å². The molecule has 2 nitrogen and oxygen atoms in total. The Labute approximate surface area is 79.1 Å². The molecule has 1 saturated carbocycles. The minimum absolute atomic E-state index is 0.613. The van der Waals surface area contributed by atoms with Crippen LogP contribution in [0.4, 0.5) is 0 Å². The fourth-order valence-corrected chi connectivity index (χ4v) is 2.50. The van der Waals surface area contributed by atoms with Crippen molar-refractivity contribution in [2.45, 2.75) is 44.7 Å². The Morgan fingerprint density at radius 1 is 1.08 bits per heavy atom. The topological polar surface area (TPSA) is 24.1 Å². The van der Waals surface area contributed by atoms with Gasteiger partial charge in [-0.15, -0.1) is 0 Å². The maximum absolute atomic E-state index is 5.08. The quantitative estimate of drug-likeness (QED) is 0.557. The van der Waals surface area contributed by atoms with Gasteiger partial charge < -0.3 is 10.6 Å². The van der Waals surface area contributed by atoms with Gasteiger partial charge in [-0.3, -0.25) is 0 Å². The zero-order valence-corrected chi connectivity index (χ0v) is 8.29. The monoisotopic (exact) mass is 184 g/mol. The van der Waals surface area contributed by atoms with Crippen LogP contribution in [0.2, 0.25) is 0 Å². The van der Waals surface area contributed by atoms with E-state index in [-0.39, 0.29) is 0 Å². The van der Waals surface area contributed by atoms with E-state index < -0.39 is 0 Å². The van der Waals surface area contributed by atoms with Crippen molar-refractivity contribution in [3.05, 3.63) is 0 Å². The van der Waals surface area contributed by atoms with Gasteiger partial charge in [-0.25, -0.2) is 0 Å². The summed E-state index contributed by atoms with van der Waals surface area (Å²) in [5, 5.41) is 7.53. The standard InChI is InChI=1S/C9H16N2S/c1-6-2-4-7-8(5-3-6)11-9(12)10-7/h6-8H,2-5H2,1H3,(H2,10,11,12). The largest absolute Gasteiger partial charge is 0.358 e. The second-order valence-corrected chi connectivity index (χ2v) is 4.50. The van der Waals surface area contributed by atoms with Gasteiger partial charge in [0.05, 0.1) is 0 Å². The van der Waals surface area contributed by atoms with E-state index in [1.54, 1.807) is 0 Å². The van der Waals surface area contributed by atoms with Crippen molar-refractivity contribution in [2.24, 2.45) is 5.92 Å². The van der Waals surface area contributed by atoms with Crippen molar-refractivity contribution >= 4 is 17.3 Å². The first kappa shape index (κ1) is 8.30. The summed E-state index contributed by atoms with van der Waals surface area (Å²) < 4.78 is 0. The zero-order valence-electron chi connectivity index (χ0n) is 7.47. The molecule has 1 heterocycles. The van der Waals surface area contributed by atoms with E-state index in [2.05, 4.69) is 17.6 Å². The van der Waals surface area contributed by atoms with Crippen LogP contribution in [0.25, 0.3) is 0 Å². The zero-order chi connectivity index (χ0) is 8.55. The van der Waals surface area contributed by atoms with Crippen molar-refractivity contribution < 1.29 is 0 Å². The number of hydrogen-bond donors (Lipinski definition) is 2. The Kier molecular flexibility index (Phi) is 2.22. The molecular formula is C9H16N2S. The van der Waals surface area contributed by atoms with Gasteiger partial charge in [-0.2, -0.15) is 0 Å². The summed E-state index contributed by atoms with van der Waals surface area (Å²) in [7, 11) is 0. The van der Waals surface area contributed by atoms with E-state index >= 15 is 0 Å². The van der Waals surface area contributed by atoms with Crippen molar-refractivity contribution in [3.63, 3.8) is 0 Å². The highest BCUT2D eigenvalue weighted by atomic mass is 32.1. The molecule has 68 valence electrons. The molecule has 0 amide bonds. The third-order valence-corrected chi connectivity index (χ3v) is 3.30. The van der Waals surface area contributed by atoms with Crippen LogP contribution >= 0.6 is 12.2 Å². The van der Waals surface area contributed by atoms with Crippen LogP contribution in [0, 0.1) is 5.92 Å². The maximum Gasteiger partial charge on any atom is 0.166 e. The molecule has 2 rings (SSSR count). The molecule has 12 heavy (non-hydrogen) atoms. The van der Waals surface area contributed by atoms with Crippen molar-refractivity contribution in [1.82, 2.24) is 10.6 Å². The number of rotatable bonds is 0. The lowest BCUT2D eigenvalue weighted by Crippen LogP contribution is -2.31. The van der Waals surface area contributed by atoms with Crippen molar-refractivity contribution in [3.8, 4) is 0 Å². The van der Waals surface area contributed by atoms with Gasteiger partial charge in [-0.1, -0.05) is 6.92 Å². The fourth-order valence-electron chi connectivity index (χ4n) is 2.20. The molecule has 0 aromatic rings. The lowest BCUT2D eigenvalue weighted by molar-refractivity contribution is 0.484. The van der Waals surface area contributed by atoms with Gasteiger partial charge in [0, 0.05) is 12.1 Å². The number of thiocarbonyl (C=S) groups is 1. The summed E-state index contributed by atoms with van der Waals surface area (Å²) in [5.41, 5.74) is 0. The molecule has 0 aromatic heterocycles. The Morgan fingerprint density at radius 2 is 1.58 bits per heavy atom. The summed E-state index contributed by atoms with van der Waals surface area (Å²) in [6.45, 7) is 2.35. The van der Waals surface area contributed by atoms with Crippen LogP contribution in [0.15, 0.2) is 0 Å². The average Bonchev–Trinajstić information content (AvgIpc) is 2.31. The highest BCUT2D eigenvalue weighted by Crippen LogP contribution is 2.25. The van der Waals surface area contributed by atoms with Crippen LogP contribution < -0.4 is 10.6 Å². The summed E-state index contributed by atoms with van der Waals surface area (Å²) in [5.74, 6) is 0.896. The molecule has 1 aliphatic carbocycles. The van der Waals surface area contributed by atoms with Crippen LogP contribution in [-0.4, -0.2) is 17.2 Å². The maximum atomic E-state index is 5.08. The molecule has 0 spiro atoms. The van der Waals surface area contributed by atoms with E-state index in [1.807, 2.05) is 0 Å². The molecule has 1 saturated heterocycles. The van der Waals surface area contributed by atoms with E-state index in [0.29, 0.717) is 12.1 Å². The lowest BCUT2D eigenvalue weighted by Gasteiger charge is -2.13. The SMILES string of the molecule is CC1CCC2NC(=S)NC2CC1. The fraction of sp³-hybridized carbons (Fsp3) is 0.889. The first-order valence-corrected chi connectivity index (χ1v) is 5.23. The molecular weight excluding hydrogens is 168 g/mol. The molecule has 0 bridgehead atoms. The van der Waals surface area contributed by atoms with Gasteiger partial charge in [0.2, 0.25) is 0 Å². The molecule has 2 atom stereocenters. The number of fused-ring (bicyclic) bond motifs is 1. The molecule has 2 aliphatic rings. The van der Waals surface area contributed by atoms with Crippen molar-refractivity contribution in [2.75, 3.05) is 0 Å². The Balaban J connectivity index is 2.00. The van der Waals surface area contributed by atoms with Crippen LogP contribution in [0.3, 0.4) is 0 Å². The first-order valence-electron chi connectivity index (χ1n) is 4.83. The molecule has 0 aromatic carbocycles.